The summed E-state index contributed by atoms with van der Waals surface area (Å²) in [5.74, 6) is 0.907. The molecule has 1 aliphatic rings. The van der Waals surface area contributed by atoms with Crippen LogP contribution >= 0.6 is 0 Å². The van der Waals surface area contributed by atoms with Crippen molar-refractivity contribution in [2.24, 2.45) is 5.92 Å². The molecule has 1 aromatic rings. The zero-order valence-corrected chi connectivity index (χ0v) is 15.8. The molecule has 0 bridgehead atoms. The van der Waals surface area contributed by atoms with Gasteiger partial charge in [-0.1, -0.05) is 6.92 Å². The highest BCUT2D eigenvalue weighted by molar-refractivity contribution is 5.96. The van der Waals surface area contributed by atoms with Crippen LogP contribution < -0.4 is 10.1 Å². The molecule has 0 unspecified atom stereocenters. The van der Waals surface area contributed by atoms with Gasteiger partial charge < -0.3 is 19.9 Å². The molecule has 0 radical (unpaired) electrons. The molecule has 1 fully saturated rings. The Bertz CT molecular complexity index is 630. The van der Waals surface area contributed by atoms with E-state index >= 15 is 0 Å². The van der Waals surface area contributed by atoms with Gasteiger partial charge in [-0.05, 0) is 50.8 Å². The molecular formula is C19H29N3O3. The molecule has 6 nitrogen and oxygen atoms in total. The highest BCUT2D eigenvalue weighted by Gasteiger charge is 2.28. The second-order valence-corrected chi connectivity index (χ2v) is 6.83. The molecule has 3 amide bonds. The van der Waals surface area contributed by atoms with Crippen LogP contribution in [0.4, 0.5) is 10.5 Å². The summed E-state index contributed by atoms with van der Waals surface area (Å²) in [4.78, 5) is 28.2. The zero-order chi connectivity index (χ0) is 18.6. The van der Waals surface area contributed by atoms with Crippen molar-refractivity contribution in [3.05, 3.63) is 23.8 Å². The number of rotatable bonds is 4. The van der Waals surface area contributed by atoms with E-state index in [1.807, 2.05) is 11.8 Å². The van der Waals surface area contributed by atoms with Crippen molar-refractivity contribution in [1.82, 2.24) is 9.80 Å². The maximum absolute atomic E-state index is 12.7. The number of piperidine rings is 1. The number of carbonyl (C=O) groups is 2. The van der Waals surface area contributed by atoms with Crippen LogP contribution in [-0.2, 0) is 0 Å². The smallest absolute Gasteiger partial charge is 0.322 e. The Hall–Kier alpha value is -2.24. The Balaban J connectivity index is 2.20. The Morgan fingerprint density at radius 2 is 2.04 bits per heavy atom. The Morgan fingerprint density at radius 1 is 1.32 bits per heavy atom. The topological polar surface area (TPSA) is 61.9 Å². The van der Waals surface area contributed by atoms with Crippen molar-refractivity contribution in [3.63, 3.8) is 0 Å². The Labute approximate surface area is 150 Å². The molecule has 1 aliphatic heterocycles. The van der Waals surface area contributed by atoms with Gasteiger partial charge in [-0.25, -0.2) is 4.79 Å². The fraction of sp³-hybridized carbons (Fsp3) is 0.579. The van der Waals surface area contributed by atoms with E-state index in [0.29, 0.717) is 29.5 Å². The number of urea groups is 1. The average Bonchev–Trinajstić information content (AvgIpc) is 2.58. The van der Waals surface area contributed by atoms with Gasteiger partial charge in [0.05, 0.1) is 12.3 Å². The van der Waals surface area contributed by atoms with E-state index in [2.05, 4.69) is 19.2 Å². The molecule has 0 aromatic heterocycles. The summed E-state index contributed by atoms with van der Waals surface area (Å²) >= 11 is 0. The lowest BCUT2D eigenvalue weighted by Gasteiger charge is -2.37. The molecule has 2 rings (SSSR count). The minimum absolute atomic E-state index is 0.0997. The molecule has 6 heteroatoms. The molecular weight excluding hydrogens is 318 g/mol. The van der Waals surface area contributed by atoms with Crippen LogP contribution in [0, 0.1) is 5.92 Å². The largest absolute Gasteiger partial charge is 0.492 e. The average molecular weight is 347 g/mol. The highest BCUT2D eigenvalue weighted by Crippen LogP contribution is 2.29. The van der Waals surface area contributed by atoms with E-state index < -0.39 is 0 Å². The molecule has 25 heavy (non-hydrogen) atoms. The van der Waals surface area contributed by atoms with Crippen LogP contribution in [0.1, 0.15) is 44.0 Å². The quantitative estimate of drug-likeness (QED) is 0.907. The first-order valence-electron chi connectivity index (χ1n) is 8.91. The van der Waals surface area contributed by atoms with E-state index in [0.717, 1.165) is 19.4 Å². The second kappa shape index (κ2) is 8.23. The monoisotopic (exact) mass is 347 g/mol. The van der Waals surface area contributed by atoms with Gasteiger partial charge >= 0.3 is 6.03 Å². The number of nitrogens with zero attached hydrogens (tertiary/aromatic N) is 2. The van der Waals surface area contributed by atoms with Gasteiger partial charge in [-0.2, -0.15) is 0 Å². The number of ether oxygens (including phenoxy) is 1. The van der Waals surface area contributed by atoms with Crippen molar-refractivity contribution in [1.29, 1.82) is 0 Å². The van der Waals surface area contributed by atoms with Gasteiger partial charge in [0.1, 0.15) is 5.75 Å². The number of hydrogen-bond acceptors (Lipinski definition) is 3. The maximum Gasteiger partial charge on any atom is 0.322 e. The molecule has 1 heterocycles. The van der Waals surface area contributed by atoms with Crippen LogP contribution in [0.25, 0.3) is 0 Å². The fourth-order valence-corrected chi connectivity index (χ4v) is 3.10. The minimum Gasteiger partial charge on any atom is -0.492 e. The van der Waals surface area contributed by atoms with Crippen molar-refractivity contribution >= 4 is 17.6 Å². The minimum atomic E-state index is -0.119. The summed E-state index contributed by atoms with van der Waals surface area (Å²) in [5, 5.41) is 2.95. The lowest BCUT2D eigenvalue weighted by atomic mass is 9.92. The van der Waals surface area contributed by atoms with Crippen LogP contribution in [0.5, 0.6) is 5.75 Å². The molecule has 2 atom stereocenters. The second-order valence-electron chi connectivity index (χ2n) is 6.83. The standard InChI is InChI=1S/C19H29N3O3/c1-6-25-17-12-15(18(23)21(4)5)9-10-16(17)20-19(24)22-11-7-8-13(2)14(22)3/h9-10,12-14H,6-8,11H2,1-5H3,(H,20,24)/t13-,14-/m0/s1. The van der Waals surface area contributed by atoms with E-state index in [1.165, 1.54) is 4.90 Å². The molecule has 138 valence electrons. The molecule has 0 spiro atoms. The number of hydrogen-bond donors (Lipinski definition) is 1. The van der Waals surface area contributed by atoms with E-state index in [-0.39, 0.29) is 18.0 Å². The first-order valence-corrected chi connectivity index (χ1v) is 8.91. The van der Waals surface area contributed by atoms with Crippen LogP contribution in [-0.4, -0.2) is 55.0 Å². The van der Waals surface area contributed by atoms with Gasteiger partial charge in [-0.3, -0.25) is 4.79 Å². The summed E-state index contributed by atoms with van der Waals surface area (Å²) in [6.07, 6.45) is 2.17. The van der Waals surface area contributed by atoms with Crippen LogP contribution in [0.2, 0.25) is 0 Å². The third-order valence-electron chi connectivity index (χ3n) is 4.81. The number of anilines is 1. The van der Waals surface area contributed by atoms with Gasteiger partial charge in [0.25, 0.3) is 5.91 Å². The normalized spacial score (nSPS) is 20.1. The predicted molar refractivity (Wildman–Crippen MR) is 99.2 cm³/mol. The zero-order valence-electron chi connectivity index (χ0n) is 15.8. The SMILES string of the molecule is CCOc1cc(C(=O)N(C)C)ccc1NC(=O)N1CCC[C@H](C)[C@@H]1C. The Morgan fingerprint density at radius 3 is 2.68 bits per heavy atom. The first kappa shape index (κ1) is 19.1. The molecule has 1 saturated heterocycles. The summed E-state index contributed by atoms with van der Waals surface area (Å²) < 4.78 is 5.64. The predicted octanol–water partition coefficient (Wildman–Crippen LogP) is 3.44. The number of carbonyl (C=O) groups excluding carboxylic acids is 2. The third-order valence-corrected chi connectivity index (χ3v) is 4.81. The number of nitrogens with one attached hydrogen (secondary N) is 1. The summed E-state index contributed by atoms with van der Waals surface area (Å²) in [6.45, 7) is 7.36. The van der Waals surface area contributed by atoms with Crippen molar-refractivity contribution in [2.45, 2.75) is 39.7 Å². The van der Waals surface area contributed by atoms with Crippen LogP contribution in [0.3, 0.4) is 0 Å². The van der Waals surface area contributed by atoms with Crippen molar-refractivity contribution in [3.8, 4) is 5.75 Å². The third kappa shape index (κ3) is 4.44. The molecule has 0 saturated carbocycles. The maximum atomic E-state index is 12.7. The van der Waals surface area contributed by atoms with E-state index in [4.69, 9.17) is 4.74 Å². The summed E-state index contributed by atoms with van der Waals surface area (Å²) in [7, 11) is 3.41. The summed E-state index contributed by atoms with van der Waals surface area (Å²) in [5.41, 5.74) is 1.12. The van der Waals surface area contributed by atoms with Gasteiger partial charge in [0.2, 0.25) is 0 Å². The summed E-state index contributed by atoms with van der Waals surface area (Å²) in [6, 6.07) is 5.22. The van der Waals surface area contributed by atoms with Crippen LogP contribution in [0.15, 0.2) is 18.2 Å². The van der Waals surface area contributed by atoms with Gasteiger partial charge in [-0.15, -0.1) is 0 Å². The van der Waals surface area contributed by atoms with Crippen molar-refractivity contribution < 1.29 is 14.3 Å². The molecule has 1 N–H and O–H groups in total. The fourth-order valence-electron chi connectivity index (χ4n) is 3.10. The van der Waals surface area contributed by atoms with E-state index in [1.54, 1.807) is 32.3 Å². The molecule has 0 aliphatic carbocycles. The lowest BCUT2D eigenvalue weighted by molar-refractivity contribution is 0.0827. The van der Waals surface area contributed by atoms with Gasteiger partial charge in [0, 0.05) is 32.2 Å². The lowest BCUT2D eigenvalue weighted by Crippen LogP contribution is -2.47. The first-order chi connectivity index (χ1) is 11.8. The molecule has 1 aromatic carbocycles. The highest BCUT2D eigenvalue weighted by atomic mass is 16.5. The van der Waals surface area contributed by atoms with Gasteiger partial charge in [0.15, 0.2) is 0 Å². The number of amides is 3. The number of benzene rings is 1. The van der Waals surface area contributed by atoms with Crippen molar-refractivity contribution in [2.75, 3.05) is 32.6 Å². The Kier molecular flexibility index (Phi) is 6.28. The number of likely N-dealkylation sites (tertiary alicyclic amines) is 1. The van der Waals surface area contributed by atoms with E-state index in [9.17, 15) is 9.59 Å².